The van der Waals surface area contributed by atoms with Crippen LogP contribution in [0.5, 0.6) is 0 Å². The summed E-state index contributed by atoms with van der Waals surface area (Å²) in [5, 5.41) is 4.28. The van der Waals surface area contributed by atoms with E-state index < -0.39 is 74.8 Å². The Morgan fingerprint density at radius 3 is 2.39 bits per heavy atom. The maximum Gasteiger partial charge on any atom is 0.411 e. The topological polar surface area (TPSA) is 150 Å². The molecule has 0 aliphatic carbocycles. The molecule has 0 fully saturated rings. The zero-order valence-electron chi connectivity index (χ0n) is 24.7. The number of carbonyl (C=O) groups is 2. The number of amides is 1. The molecule has 4 rings (SSSR count). The van der Waals surface area contributed by atoms with E-state index in [1.165, 1.54) is 36.1 Å². The van der Waals surface area contributed by atoms with Gasteiger partial charge in [-0.3, -0.25) is 9.48 Å². The number of hydrogen-bond donors (Lipinski definition) is 1. The smallest absolute Gasteiger partial charge is 0.411 e. The van der Waals surface area contributed by atoms with Crippen LogP contribution in [0.4, 0.5) is 33.9 Å². The number of halogens is 4. The van der Waals surface area contributed by atoms with Gasteiger partial charge in [0.2, 0.25) is 0 Å². The Balaban J connectivity index is 1.86. The zero-order chi connectivity index (χ0) is 33.8. The van der Waals surface area contributed by atoms with Gasteiger partial charge in [0, 0.05) is 31.5 Å². The Bertz CT molecular complexity index is 1890. The Morgan fingerprint density at radius 1 is 1.00 bits per heavy atom. The average molecular weight is 665 g/mol. The van der Waals surface area contributed by atoms with Crippen LogP contribution in [0, 0.1) is 23.3 Å². The fourth-order valence-electron chi connectivity index (χ4n) is 4.30. The van der Waals surface area contributed by atoms with Gasteiger partial charge in [-0.2, -0.15) is 5.10 Å². The van der Waals surface area contributed by atoms with E-state index in [1.807, 2.05) is 0 Å². The number of likely N-dealkylation sites (N-methyl/N-ethyl adjacent to an activating group) is 1. The van der Waals surface area contributed by atoms with Crippen molar-refractivity contribution in [1.29, 1.82) is 0 Å². The Morgan fingerprint density at radius 2 is 1.72 bits per heavy atom. The molecule has 1 amide bonds. The van der Waals surface area contributed by atoms with E-state index in [9.17, 15) is 26.8 Å². The molecule has 46 heavy (non-hydrogen) atoms. The third-order valence-corrected chi connectivity index (χ3v) is 8.25. The second-order valence-electron chi connectivity index (χ2n) is 9.60. The van der Waals surface area contributed by atoms with E-state index in [1.54, 1.807) is 6.92 Å². The largest absolute Gasteiger partial charge is 0.465 e. The van der Waals surface area contributed by atoms with Crippen molar-refractivity contribution in [1.82, 2.24) is 19.7 Å². The molecule has 17 heteroatoms. The van der Waals surface area contributed by atoms with Gasteiger partial charge in [0.05, 0.1) is 17.9 Å². The summed E-state index contributed by atoms with van der Waals surface area (Å²) in [4.78, 5) is 27.9. The van der Waals surface area contributed by atoms with Crippen molar-refractivity contribution in [3.63, 3.8) is 0 Å². The molecule has 2 aromatic heterocycles. The number of nitrogens with zero attached hydrogens (tertiary/aromatic N) is 5. The third-order valence-electron chi connectivity index (χ3n) is 6.50. The van der Waals surface area contributed by atoms with Crippen molar-refractivity contribution < 1.29 is 45.0 Å². The normalized spacial score (nSPS) is 11.3. The number of ether oxygens (including phenoxy) is 2. The fourth-order valence-corrected chi connectivity index (χ4v) is 5.70. The van der Waals surface area contributed by atoms with Crippen molar-refractivity contribution in [2.45, 2.75) is 25.3 Å². The quantitative estimate of drug-likeness (QED) is 0.138. The summed E-state index contributed by atoms with van der Waals surface area (Å²) in [6.45, 7) is 1.67. The predicted octanol–water partition coefficient (Wildman–Crippen LogP) is 4.55. The van der Waals surface area contributed by atoms with Gasteiger partial charge in [-0.25, -0.2) is 40.1 Å². The highest BCUT2D eigenvalue weighted by atomic mass is 32.2. The first-order valence-corrected chi connectivity index (χ1v) is 15.0. The molecule has 12 nitrogen and oxygen atoms in total. The maximum atomic E-state index is 16.5. The van der Waals surface area contributed by atoms with Crippen LogP contribution >= 0.6 is 0 Å². The molecule has 0 spiro atoms. The van der Waals surface area contributed by atoms with E-state index in [-0.39, 0.29) is 34.5 Å². The molecular formula is C29H28F4N6O6S. The van der Waals surface area contributed by atoms with Crippen LogP contribution < -0.4 is 10.0 Å². The number of sulfonamides is 1. The van der Waals surface area contributed by atoms with E-state index in [4.69, 9.17) is 15.2 Å². The lowest BCUT2D eigenvalue weighted by Crippen LogP contribution is -2.39. The molecule has 0 aliphatic heterocycles. The molecular weight excluding hydrogens is 636 g/mol. The van der Waals surface area contributed by atoms with Gasteiger partial charge in [0.1, 0.15) is 40.4 Å². The second kappa shape index (κ2) is 13.8. The highest BCUT2D eigenvalue weighted by molar-refractivity contribution is 7.92. The zero-order valence-corrected chi connectivity index (χ0v) is 25.5. The third kappa shape index (κ3) is 7.03. The van der Waals surface area contributed by atoms with Crippen LogP contribution in [0.1, 0.15) is 13.8 Å². The van der Waals surface area contributed by atoms with Gasteiger partial charge in [0.25, 0.3) is 10.0 Å². The average Bonchev–Trinajstić information content (AvgIpc) is 3.43. The SMILES string of the molecule is CCOC(=O)CN(C)C(=O)OCN(c1ccc(F)c(-c2nn(CC)cc2-c2ccnc(N)c2)c1F)S(=O)(=O)c1cc(F)ccc1F. The summed E-state index contributed by atoms with van der Waals surface area (Å²) >= 11 is 0. The number of aromatic nitrogens is 3. The lowest BCUT2D eigenvalue weighted by atomic mass is 10.0. The molecule has 0 bridgehead atoms. The van der Waals surface area contributed by atoms with Crippen molar-refractivity contribution in [3.8, 4) is 22.4 Å². The number of anilines is 2. The van der Waals surface area contributed by atoms with Crippen molar-refractivity contribution >= 4 is 33.6 Å². The van der Waals surface area contributed by atoms with Gasteiger partial charge in [-0.1, -0.05) is 0 Å². The van der Waals surface area contributed by atoms with Crippen molar-refractivity contribution in [2.75, 3.05) is 37.0 Å². The van der Waals surface area contributed by atoms with E-state index in [2.05, 4.69) is 10.1 Å². The molecule has 2 N–H and O–H groups in total. The maximum absolute atomic E-state index is 16.5. The number of nitrogen functional groups attached to an aromatic ring is 1. The first kappa shape index (κ1) is 33.7. The van der Waals surface area contributed by atoms with Crippen LogP contribution in [-0.4, -0.2) is 67.1 Å². The number of rotatable bonds is 11. The van der Waals surface area contributed by atoms with Gasteiger partial charge in [0.15, 0.2) is 12.5 Å². The lowest BCUT2D eigenvalue weighted by molar-refractivity contribution is -0.143. The molecule has 0 aliphatic rings. The number of pyridine rings is 1. The van der Waals surface area contributed by atoms with Crippen LogP contribution in [0.15, 0.2) is 59.8 Å². The van der Waals surface area contributed by atoms with Crippen LogP contribution in [0.3, 0.4) is 0 Å². The summed E-state index contributed by atoms with van der Waals surface area (Å²) in [6.07, 6.45) is 1.61. The van der Waals surface area contributed by atoms with Crippen molar-refractivity contribution in [2.24, 2.45) is 0 Å². The van der Waals surface area contributed by atoms with Crippen molar-refractivity contribution in [3.05, 3.63) is 78.1 Å². The summed E-state index contributed by atoms with van der Waals surface area (Å²) < 4.78 is 99.7. The Hall–Kier alpha value is -5.19. The Labute approximate surface area is 261 Å². The van der Waals surface area contributed by atoms with Crippen LogP contribution in [0.2, 0.25) is 0 Å². The molecule has 244 valence electrons. The first-order valence-electron chi connectivity index (χ1n) is 13.6. The van der Waals surface area contributed by atoms with Gasteiger partial charge < -0.3 is 20.1 Å². The summed E-state index contributed by atoms with van der Waals surface area (Å²) in [7, 11) is -4.11. The molecule has 0 atom stereocenters. The molecule has 2 aromatic carbocycles. The molecule has 0 saturated carbocycles. The van der Waals surface area contributed by atoms with Crippen LogP contribution in [-0.2, 0) is 30.8 Å². The number of benzene rings is 2. The minimum absolute atomic E-state index is 0.0197. The highest BCUT2D eigenvalue weighted by Gasteiger charge is 2.34. The monoisotopic (exact) mass is 664 g/mol. The van der Waals surface area contributed by atoms with Crippen LogP contribution in [0.25, 0.3) is 22.4 Å². The summed E-state index contributed by atoms with van der Waals surface area (Å²) in [5.41, 5.74) is 4.48. The minimum Gasteiger partial charge on any atom is -0.465 e. The fraction of sp³-hybridized carbons (Fsp3) is 0.241. The van der Waals surface area contributed by atoms with E-state index >= 15 is 8.78 Å². The molecule has 0 radical (unpaired) electrons. The minimum atomic E-state index is -5.24. The molecule has 4 aromatic rings. The van der Waals surface area contributed by atoms with E-state index in [0.717, 1.165) is 24.1 Å². The van der Waals surface area contributed by atoms with Gasteiger partial charge in [-0.15, -0.1) is 0 Å². The Kier molecular flexibility index (Phi) is 10.1. The molecule has 2 heterocycles. The van der Waals surface area contributed by atoms with Gasteiger partial charge >= 0.3 is 12.1 Å². The second-order valence-corrected chi connectivity index (χ2v) is 11.4. The molecule has 0 saturated heterocycles. The standard InChI is InChI=1S/C29H28F4N6O6S/c1-4-38-14-19(17-10-11-35-24(34)12-17)28(36-38)26-21(32)8-9-22(27(26)33)39(16-45-29(41)37(3)15-25(40)44-5-2)46(42,43)23-13-18(30)6-7-20(23)31/h6-14H,4-5,15-16H2,1-3H3,(H2,34,35). The number of aryl methyl sites for hydroxylation is 1. The number of esters is 1. The number of hydrogen-bond acceptors (Lipinski definition) is 9. The summed E-state index contributed by atoms with van der Waals surface area (Å²) in [5.74, 6) is -5.88. The van der Waals surface area contributed by atoms with E-state index in [0.29, 0.717) is 23.8 Å². The number of nitrogens with two attached hydrogens (primary N) is 1. The number of carbonyl (C=O) groups excluding carboxylic acids is 2. The van der Waals surface area contributed by atoms with Gasteiger partial charge in [-0.05, 0) is 61.9 Å². The highest BCUT2D eigenvalue weighted by Crippen LogP contribution is 2.39. The molecule has 0 unspecified atom stereocenters. The summed E-state index contributed by atoms with van der Waals surface area (Å²) in [6, 6.07) is 5.97. The first-order chi connectivity index (χ1) is 21.8. The lowest BCUT2D eigenvalue weighted by Gasteiger charge is -2.26. The predicted molar refractivity (Wildman–Crippen MR) is 158 cm³/mol.